The van der Waals surface area contributed by atoms with Gasteiger partial charge in [-0.1, -0.05) is 12.8 Å². The van der Waals surface area contributed by atoms with Gasteiger partial charge in [-0.2, -0.15) is 0 Å². The van der Waals surface area contributed by atoms with E-state index in [1.807, 2.05) is 7.11 Å². The van der Waals surface area contributed by atoms with Gasteiger partial charge < -0.3 is 10.1 Å². The summed E-state index contributed by atoms with van der Waals surface area (Å²) in [5.41, 5.74) is 0.471. The van der Waals surface area contributed by atoms with E-state index in [9.17, 15) is 0 Å². The maximum Gasteiger partial charge on any atom is 0.0477 e. The van der Waals surface area contributed by atoms with Crippen LogP contribution >= 0.6 is 0 Å². The average Bonchev–Trinajstić information content (AvgIpc) is 3.18. The summed E-state index contributed by atoms with van der Waals surface area (Å²) in [7, 11) is 1.82. The van der Waals surface area contributed by atoms with Crippen molar-refractivity contribution in [3.05, 3.63) is 0 Å². The minimum Gasteiger partial charge on any atom is -0.385 e. The van der Waals surface area contributed by atoms with Gasteiger partial charge in [-0.15, -0.1) is 0 Å². The highest BCUT2D eigenvalue weighted by Crippen LogP contribution is 2.42. The van der Waals surface area contributed by atoms with E-state index < -0.39 is 0 Å². The van der Waals surface area contributed by atoms with Crippen molar-refractivity contribution in [1.29, 1.82) is 0 Å². The minimum atomic E-state index is 0.471. The molecule has 0 radical (unpaired) electrons. The molecule has 2 unspecified atom stereocenters. The van der Waals surface area contributed by atoms with E-state index in [0.717, 1.165) is 18.6 Å². The van der Waals surface area contributed by atoms with Crippen molar-refractivity contribution in [1.82, 2.24) is 10.2 Å². The molecule has 1 aliphatic heterocycles. The van der Waals surface area contributed by atoms with Gasteiger partial charge >= 0.3 is 0 Å². The number of ether oxygens (including phenoxy) is 1. The fourth-order valence-corrected chi connectivity index (χ4v) is 4.30. The van der Waals surface area contributed by atoms with Crippen LogP contribution in [-0.2, 0) is 4.74 Å². The Morgan fingerprint density at radius 3 is 2.68 bits per heavy atom. The number of methoxy groups -OCH3 is 1. The van der Waals surface area contributed by atoms with Crippen LogP contribution in [-0.4, -0.2) is 49.3 Å². The normalized spacial score (nSPS) is 32.8. The van der Waals surface area contributed by atoms with Gasteiger partial charge in [0.1, 0.15) is 0 Å². The topological polar surface area (TPSA) is 24.5 Å². The monoisotopic (exact) mass is 266 g/mol. The molecule has 19 heavy (non-hydrogen) atoms. The van der Waals surface area contributed by atoms with Gasteiger partial charge in [0.25, 0.3) is 0 Å². The predicted molar refractivity (Wildman–Crippen MR) is 78.4 cm³/mol. The summed E-state index contributed by atoms with van der Waals surface area (Å²) in [5, 5.41) is 3.88. The molecule has 1 saturated heterocycles. The fraction of sp³-hybridized carbons (Fsp3) is 1.00. The maximum absolute atomic E-state index is 5.30. The molecule has 0 aromatic heterocycles. The molecule has 3 heteroatoms. The molecule has 3 fully saturated rings. The SMILES string of the molecule is COCCC(C)N1CC(C2CC2)NCC12CCCC2. The van der Waals surface area contributed by atoms with Gasteiger partial charge in [-0.25, -0.2) is 0 Å². The molecule has 2 atom stereocenters. The number of rotatable bonds is 5. The van der Waals surface area contributed by atoms with Crippen LogP contribution in [0.15, 0.2) is 0 Å². The summed E-state index contributed by atoms with van der Waals surface area (Å²) in [6, 6.07) is 1.43. The first kappa shape index (κ1) is 13.8. The van der Waals surface area contributed by atoms with Gasteiger partial charge in [0.2, 0.25) is 0 Å². The Morgan fingerprint density at radius 1 is 1.32 bits per heavy atom. The van der Waals surface area contributed by atoms with E-state index in [0.29, 0.717) is 11.6 Å². The second-order valence-corrected chi connectivity index (χ2v) is 7.04. The van der Waals surface area contributed by atoms with E-state index in [1.54, 1.807) is 0 Å². The Labute approximate surface area is 118 Å². The first-order valence-corrected chi connectivity index (χ1v) is 8.24. The molecule has 3 rings (SSSR count). The van der Waals surface area contributed by atoms with Gasteiger partial charge in [-0.3, -0.25) is 4.90 Å². The zero-order chi connectivity index (χ0) is 13.3. The number of hydrogen-bond donors (Lipinski definition) is 1. The van der Waals surface area contributed by atoms with Gasteiger partial charge in [0.15, 0.2) is 0 Å². The highest BCUT2D eigenvalue weighted by atomic mass is 16.5. The maximum atomic E-state index is 5.30. The smallest absolute Gasteiger partial charge is 0.0477 e. The quantitative estimate of drug-likeness (QED) is 0.827. The molecular formula is C16H30N2O. The summed E-state index contributed by atoms with van der Waals surface area (Å²) >= 11 is 0. The van der Waals surface area contributed by atoms with Gasteiger partial charge in [-0.05, 0) is 44.9 Å². The van der Waals surface area contributed by atoms with Crippen molar-refractivity contribution in [2.45, 2.75) is 69.5 Å². The lowest BCUT2D eigenvalue weighted by atomic mass is 9.88. The van der Waals surface area contributed by atoms with Gasteiger partial charge in [0.05, 0.1) is 0 Å². The zero-order valence-electron chi connectivity index (χ0n) is 12.7. The molecular weight excluding hydrogens is 236 g/mol. The Morgan fingerprint density at radius 2 is 2.05 bits per heavy atom. The van der Waals surface area contributed by atoms with Crippen molar-refractivity contribution in [2.75, 3.05) is 26.8 Å². The van der Waals surface area contributed by atoms with E-state index >= 15 is 0 Å². The van der Waals surface area contributed by atoms with Crippen molar-refractivity contribution in [2.24, 2.45) is 5.92 Å². The number of nitrogens with one attached hydrogen (secondary N) is 1. The Kier molecular flexibility index (Phi) is 4.16. The minimum absolute atomic E-state index is 0.471. The third kappa shape index (κ3) is 2.84. The molecule has 0 amide bonds. The standard InChI is InChI=1S/C16H30N2O/c1-13(7-10-19-2)18-11-15(14-5-6-14)17-12-16(18)8-3-4-9-16/h13-15,17H,3-12H2,1-2H3. The predicted octanol–water partition coefficient (Wildman–Crippen LogP) is 2.41. The molecule has 110 valence electrons. The van der Waals surface area contributed by atoms with Crippen LogP contribution in [0.25, 0.3) is 0 Å². The summed E-state index contributed by atoms with van der Waals surface area (Å²) < 4.78 is 5.30. The molecule has 1 N–H and O–H groups in total. The van der Waals surface area contributed by atoms with Crippen LogP contribution in [0.5, 0.6) is 0 Å². The lowest BCUT2D eigenvalue weighted by molar-refractivity contribution is -0.00283. The summed E-state index contributed by atoms with van der Waals surface area (Å²) in [6.07, 6.45) is 9.71. The zero-order valence-corrected chi connectivity index (χ0v) is 12.7. The molecule has 0 bridgehead atoms. The van der Waals surface area contributed by atoms with Crippen molar-refractivity contribution >= 4 is 0 Å². The molecule has 1 heterocycles. The highest BCUT2D eigenvalue weighted by Gasteiger charge is 2.47. The van der Waals surface area contributed by atoms with Crippen LogP contribution in [0.1, 0.15) is 51.9 Å². The van der Waals surface area contributed by atoms with E-state index in [4.69, 9.17) is 4.74 Å². The molecule has 3 nitrogen and oxygen atoms in total. The van der Waals surface area contributed by atoms with Crippen molar-refractivity contribution < 1.29 is 4.74 Å². The van der Waals surface area contributed by atoms with Crippen molar-refractivity contribution in [3.8, 4) is 0 Å². The average molecular weight is 266 g/mol. The molecule has 0 aromatic rings. The summed E-state index contributed by atoms with van der Waals surface area (Å²) in [5.74, 6) is 0.968. The molecule has 2 saturated carbocycles. The summed E-state index contributed by atoms with van der Waals surface area (Å²) in [6.45, 7) is 5.81. The van der Waals surface area contributed by atoms with E-state index in [2.05, 4.69) is 17.1 Å². The summed E-state index contributed by atoms with van der Waals surface area (Å²) in [4.78, 5) is 2.86. The van der Waals surface area contributed by atoms with E-state index in [1.165, 1.54) is 58.0 Å². The van der Waals surface area contributed by atoms with Crippen LogP contribution in [0.3, 0.4) is 0 Å². The number of nitrogens with zero attached hydrogens (tertiary/aromatic N) is 1. The Balaban J connectivity index is 1.68. The third-order valence-corrected chi connectivity index (χ3v) is 5.69. The fourth-order valence-electron chi connectivity index (χ4n) is 4.30. The van der Waals surface area contributed by atoms with E-state index in [-0.39, 0.29) is 0 Å². The third-order valence-electron chi connectivity index (χ3n) is 5.69. The lowest BCUT2D eigenvalue weighted by Gasteiger charge is -2.51. The second-order valence-electron chi connectivity index (χ2n) is 7.04. The number of hydrogen-bond acceptors (Lipinski definition) is 3. The van der Waals surface area contributed by atoms with Crippen LogP contribution in [0.2, 0.25) is 0 Å². The molecule has 1 spiro atoms. The first-order chi connectivity index (χ1) is 9.25. The van der Waals surface area contributed by atoms with Crippen LogP contribution in [0, 0.1) is 5.92 Å². The molecule has 3 aliphatic rings. The second kappa shape index (κ2) is 5.71. The largest absolute Gasteiger partial charge is 0.385 e. The van der Waals surface area contributed by atoms with Crippen LogP contribution < -0.4 is 5.32 Å². The van der Waals surface area contributed by atoms with Crippen molar-refractivity contribution in [3.63, 3.8) is 0 Å². The Bertz CT molecular complexity index is 297. The molecule has 2 aliphatic carbocycles. The number of piperazine rings is 1. The highest BCUT2D eigenvalue weighted by molar-refractivity contribution is 5.05. The van der Waals surface area contributed by atoms with Crippen LogP contribution in [0.4, 0.5) is 0 Å². The van der Waals surface area contributed by atoms with Gasteiger partial charge in [0, 0.05) is 44.4 Å². The first-order valence-electron chi connectivity index (χ1n) is 8.24. The lowest BCUT2D eigenvalue weighted by Crippen LogP contribution is -2.66. The molecule has 0 aromatic carbocycles. The Hall–Kier alpha value is -0.120.